The van der Waals surface area contributed by atoms with E-state index in [4.69, 9.17) is 5.11 Å². The molecule has 2 heterocycles. The molecule has 0 atom stereocenters. The highest BCUT2D eigenvalue weighted by Gasteiger charge is 2.21. The van der Waals surface area contributed by atoms with E-state index in [1.54, 1.807) is 0 Å². The zero-order chi connectivity index (χ0) is 20.3. The molecule has 9 heteroatoms. The van der Waals surface area contributed by atoms with Crippen molar-refractivity contribution in [1.82, 2.24) is 9.88 Å². The van der Waals surface area contributed by atoms with E-state index < -0.39 is 6.09 Å². The van der Waals surface area contributed by atoms with E-state index in [2.05, 4.69) is 41.3 Å². The van der Waals surface area contributed by atoms with Gasteiger partial charge in [0.25, 0.3) is 0 Å². The zero-order valence-corrected chi connectivity index (χ0v) is 17.0. The summed E-state index contributed by atoms with van der Waals surface area (Å²) in [5, 5.41) is 17.1. The average Bonchev–Trinajstić information content (AvgIpc) is 3.11. The van der Waals surface area contributed by atoms with E-state index >= 15 is 0 Å². The number of piperazine rings is 1. The van der Waals surface area contributed by atoms with Crippen LogP contribution in [0.25, 0.3) is 0 Å². The summed E-state index contributed by atoms with van der Waals surface area (Å²) < 4.78 is 0. The molecule has 1 saturated heterocycles. The van der Waals surface area contributed by atoms with Gasteiger partial charge in [-0.1, -0.05) is 20.8 Å². The predicted octanol–water partition coefficient (Wildman–Crippen LogP) is 3.88. The van der Waals surface area contributed by atoms with Gasteiger partial charge in [-0.15, -0.1) is 11.3 Å². The predicted molar refractivity (Wildman–Crippen MR) is 112 cm³/mol. The number of rotatable bonds is 3. The first-order valence-corrected chi connectivity index (χ1v) is 9.97. The number of urea groups is 1. The zero-order valence-electron chi connectivity index (χ0n) is 16.2. The van der Waals surface area contributed by atoms with Gasteiger partial charge in [0.2, 0.25) is 0 Å². The van der Waals surface area contributed by atoms with Crippen LogP contribution in [0.5, 0.6) is 0 Å². The van der Waals surface area contributed by atoms with Gasteiger partial charge in [0.15, 0.2) is 5.13 Å². The van der Waals surface area contributed by atoms with Crippen molar-refractivity contribution < 1.29 is 14.7 Å². The van der Waals surface area contributed by atoms with Gasteiger partial charge in [0.05, 0.1) is 5.69 Å². The molecular weight excluding hydrogens is 378 g/mol. The lowest BCUT2D eigenvalue weighted by Crippen LogP contribution is -2.48. The van der Waals surface area contributed by atoms with Gasteiger partial charge < -0.3 is 20.2 Å². The summed E-state index contributed by atoms with van der Waals surface area (Å²) in [5.74, 6) is 0. The lowest BCUT2D eigenvalue weighted by Gasteiger charge is -2.34. The van der Waals surface area contributed by atoms with E-state index in [-0.39, 0.29) is 11.4 Å². The number of benzene rings is 1. The topological polar surface area (TPSA) is 97.8 Å². The van der Waals surface area contributed by atoms with Crippen LogP contribution in [0, 0.1) is 0 Å². The second-order valence-corrected chi connectivity index (χ2v) is 8.53. The van der Waals surface area contributed by atoms with E-state index in [9.17, 15) is 9.59 Å². The van der Waals surface area contributed by atoms with Gasteiger partial charge >= 0.3 is 12.1 Å². The number of nitrogens with zero attached hydrogens (tertiary/aromatic N) is 3. The van der Waals surface area contributed by atoms with Crippen molar-refractivity contribution in [3.63, 3.8) is 0 Å². The van der Waals surface area contributed by atoms with E-state index in [1.807, 2.05) is 29.6 Å². The maximum Gasteiger partial charge on any atom is 0.407 e. The fourth-order valence-corrected chi connectivity index (χ4v) is 3.78. The molecule has 3 amide bonds. The number of amides is 3. The Labute approximate surface area is 168 Å². The Morgan fingerprint density at radius 2 is 1.71 bits per heavy atom. The second-order valence-electron chi connectivity index (χ2n) is 7.67. The number of carbonyl (C=O) groups excluding carboxylic acids is 1. The van der Waals surface area contributed by atoms with Crippen molar-refractivity contribution in [2.24, 2.45) is 0 Å². The highest BCUT2D eigenvalue weighted by Crippen LogP contribution is 2.26. The fourth-order valence-electron chi connectivity index (χ4n) is 2.85. The summed E-state index contributed by atoms with van der Waals surface area (Å²) in [6, 6.07) is 7.18. The first-order chi connectivity index (χ1) is 13.2. The molecule has 0 bridgehead atoms. The van der Waals surface area contributed by atoms with Crippen LogP contribution in [0.2, 0.25) is 0 Å². The molecule has 1 aromatic carbocycles. The molecule has 8 nitrogen and oxygen atoms in total. The number of carbonyl (C=O) groups is 2. The van der Waals surface area contributed by atoms with Gasteiger partial charge in [-0.25, -0.2) is 14.6 Å². The van der Waals surface area contributed by atoms with Crippen molar-refractivity contribution in [2.45, 2.75) is 26.2 Å². The van der Waals surface area contributed by atoms with E-state index in [0.29, 0.717) is 37.0 Å². The highest BCUT2D eigenvalue weighted by molar-refractivity contribution is 7.14. The molecule has 0 unspecified atom stereocenters. The fraction of sp³-hybridized carbons (Fsp3) is 0.421. The van der Waals surface area contributed by atoms with E-state index in [1.165, 1.54) is 16.2 Å². The van der Waals surface area contributed by atoms with Crippen molar-refractivity contribution in [2.75, 3.05) is 41.7 Å². The van der Waals surface area contributed by atoms with Crippen LogP contribution in [-0.4, -0.2) is 53.3 Å². The summed E-state index contributed by atoms with van der Waals surface area (Å²) in [7, 11) is 0. The Morgan fingerprint density at radius 3 is 2.25 bits per heavy atom. The van der Waals surface area contributed by atoms with Crippen LogP contribution in [-0.2, 0) is 5.41 Å². The molecule has 0 saturated carbocycles. The van der Waals surface area contributed by atoms with Crippen molar-refractivity contribution in [1.29, 1.82) is 0 Å². The molecular formula is C19H25N5O3S. The number of hydrogen-bond donors (Lipinski definition) is 3. The van der Waals surface area contributed by atoms with Crippen molar-refractivity contribution >= 4 is 40.0 Å². The molecule has 3 N–H and O–H groups in total. The lowest BCUT2D eigenvalue weighted by molar-refractivity contribution is 0.142. The summed E-state index contributed by atoms with van der Waals surface area (Å²) in [6.45, 7) is 8.52. The maximum atomic E-state index is 12.2. The molecule has 150 valence electrons. The largest absolute Gasteiger partial charge is 0.465 e. The first kappa shape index (κ1) is 19.9. The third-order valence-electron chi connectivity index (χ3n) is 4.53. The quantitative estimate of drug-likeness (QED) is 0.722. The second kappa shape index (κ2) is 8.05. The molecule has 1 aliphatic heterocycles. The minimum absolute atomic E-state index is 0.0569. The number of nitrogens with one attached hydrogen (secondary N) is 2. The van der Waals surface area contributed by atoms with Crippen LogP contribution >= 0.6 is 11.3 Å². The Bertz CT molecular complexity index is 836. The van der Waals surface area contributed by atoms with Crippen LogP contribution in [0.1, 0.15) is 26.5 Å². The number of hydrogen-bond acceptors (Lipinski definition) is 5. The molecule has 3 rings (SSSR count). The van der Waals surface area contributed by atoms with Crippen LogP contribution in [0.4, 0.5) is 26.1 Å². The lowest BCUT2D eigenvalue weighted by atomic mass is 9.93. The van der Waals surface area contributed by atoms with E-state index in [0.717, 1.165) is 11.4 Å². The molecule has 1 fully saturated rings. The molecule has 0 spiro atoms. The Hall–Kier alpha value is -2.81. The maximum absolute atomic E-state index is 12.2. The van der Waals surface area contributed by atoms with Gasteiger partial charge in [0.1, 0.15) is 0 Å². The molecule has 1 aliphatic rings. The molecule has 2 aromatic rings. The molecule has 0 radical (unpaired) electrons. The third kappa shape index (κ3) is 4.92. The Balaban J connectivity index is 1.53. The molecule has 1 aromatic heterocycles. The molecule has 28 heavy (non-hydrogen) atoms. The summed E-state index contributed by atoms with van der Waals surface area (Å²) >= 11 is 1.40. The smallest absolute Gasteiger partial charge is 0.407 e. The first-order valence-electron chi connectivity index (χ1n) is 9.09. The summed E-state index contributed by atoms with van der Waals surface area (Å²) in [6.07, 6.45) is -0.875. The summed E-state index contributed by atoms with van der Waals surface area (Å²) in [4.78, 5) is 31.2. The van der Waals surface area contributed by atoms with Gasteiger partial charge in [-0.05, 0) is 24.3 Å². The number of thiazole rings is 1. The van der Waals surface area contributed by atoms with Crippen LogP contribution in [0.15, 0.2) is 29.6 Å². The highest BCUT2D eigenvalue weighted by atomic mass is 32.1. The third-order valence-corrected chi connectivity index (χ3v) is 5.29. The van der Waals surface area contributed by atoms with Gasteiger partial charge in [-0.3, -0.25) is 5.32 Å². The normalized spacial score (nSPS) is 14.7. The monoisotopic (exact) mass is 403 g/mol. The minimum atomic E-state index is -0.875. The standard InChI is InChI=1S/C19H25N5O3S/c1-19(2,3)15-12-28-17(21-15)22-16(25)20-13-4-6-14(7-5-13)23-8-10-24(11-9-23)18(26)27/h4-7,12H,8-11H2,1-3H3,(H,26,27)(H2,20,21,22,25). The SMILES string of the molecule is CC(C)(C)c1csc(NC(=O)Nc2ccc(N3CCN(C(=O)O)CC3)cc2)n1. The van der Waals surface area contributed by atoms with Crippen molar-refractivity contribution in [3.8, 4) is 0 Å². The Kier molecular flexibility index (Phi) is 5.73. The number of carboxylic acid groups (broad SMARTS) is 1. The average molecular weight is 404 g/mol. The minimum Gasteiger partial charge on any atom is -0.465 e. The number of anilines is 3. The van der Waals surface area contributed by atoms with Gasteiger partial charge in [0, 0.05) is 48.3 Å². The van der Waals surface area contributed by atoms with Crippen LogP contribution < -0.4 is 15.5 Å². The Morgan fingerprint density at radius 1 is 1.07 bits per heavy atom. The number of aromatic nitrogens is 1. The molecule has 0 aliphatic carbocycles. The van der Waals surface area contributed by atoms with Crippen LogP contribution in [0.3, 0.4) is 0 Å². The van der Waals surface area contributed by atoms with Crippen molar-refractivity contribution in [3.05, 3.63) is 35.3 Å². The summed E-state index contributed by atoms with van der Waals surface area (Å²) in [5.41, 5.74) is 2.57. The van der Waals surface area contributed by atoms with Gasteiger partial charge in [-0.2, -0.15) is 0 Å².